The Morgan fingerprint density at radius 2 is 2.08 bits per heavy atom. The highest BCUT2D eigenvalue weighted by Gasteiger charge is 2.02. The average molecular weight is 197 g/mol. The van der Waals surface area contributed by atoms with Crippen LogP contribution in [0.25, 0.3) is 0 Å². The molecule has 1 heterocycles. The molecule has 0 aliphatic carbocycles. The van der Waals surface area contributed by atoms with Gasteiger partial charge in [-0.25, -0.2) is 9.97 Å². The van der Waals surface area contributed by atoms with Gasteiger partial charge in [-0.1, -0.05) is 32.2 Å². The van der Waals surface area contributed by atoms with Gasteiger partial charge in [0.05, 0.1) is 10.6 Å². The van der Waals surface area contributed by atoms with Crippen LogP contribution in [-0.4, -0.2) is 9.97 Å². The van der Waals surface area contributed by atoms with Gasteiger partial charge in [0.2, 0.25) is 0 Å². The molecule has 0 bridgehead atoms. The van der Waals surface area contributed by atoms with Crippen molar-refractivity contribution in [3.63, 3.8) is 0 Å². The van der Waals surface area contributed by atoms with Gasteiger partial charge in [0.25, 0.3) is 0 Å². The molecule has 13 heavy (non-hydrogen) atoms. The van der Waals surface area contributed by atoms with Gasteiger partial charge >= 0.3 is 0 Å². The van der Waals surface area contributed by atoms with Crippen LogP contribution >= 0.6 is 11.8 Å². The number of rotatable bonds is 2. The van der Waals surface area contributed by atoms with Crippen molar-refractivity contribution in [1.82, 2.24) is 9.97 Å². The number of aryl methyl sites for hydroxylation is 1. The minimum Gasteiger partial charge on any atom is -0.383 e. The molecule has 1 rings (SSSR count). The second-order valence-corrected chi connectivity index (χ2v) is 2.94. The number of hydrogen-bond donors (Lipinski definition) is 1. The largest absolute Gasteiger partial charge is 0.383 e. The minimum absolute atomic E-state index is 0.516. The first-order valence-electron chi connectivity index (χ1n) is 4.10. The number of anilines is 1. The highest BCUT2D eigenvalue weighted by molar-refractivity contribution is 8.02. The normalized spacial score (nSPS) is 8.54. The lowest BCUT2D eigenvalue weighted by Crippen LogP contribution is -1.96. The lowest BCUT2D eigenvalue weighted by molar-refractivity contribution is 1.04. The Hall–Kier alpha value is -1.03. The fourth-order valence-corrected chi connectivity index (χ4v) is 1.27. The fraction of sp³-hybridized carbons (Fsp3) is 0.333. The van der Waals surface area contributed by atoms with Gasteiger partial charge in [-0.05, 0) is 12.3 Å². The SMILES string of the molecule is C=CSc1c(C)ncnc1N.CC. The van der Waals surface area contributed by atoms with Crippen molar-refractivity contribution >= 4 is 17.6 Å². The standard InChI is InChI=1S/C7H9N3S.C2H6/c1-3-11-6-5(2)9-4-10-7(6)8;1-2/h3-4H,1H2,2H3,(H2,8,9,10);1-2H3. The monoisotopic (exact) mass is 197 g/mol. The maximum absolute atomic E-state index is 5.59. The molecule has 1 aromatic heterocycles. The molecular formula is C9H15N3S. The quantitative estimate of drug-likeness (QED) is 0.740. The molecule has 0 atom stereocenters. The van der Waals surface area contributed by atoms with Crippen molar-refractivity contribution < 1.29 is 0 Å². The van der Waals surface area contributed by atoms with E-state index in [1.165, 1.54) is 18.1 Å². The number of thioether (sulfide) groups is 1. The van der Waals surface area contributed by atoms with Gasteiger partial charge in [-0.15, -0.1) is 0 Å². The minimum atomic E-state index is 0.516. The summed E-state index contributed by atoms with van der Waals surface area (Å²) in [4.78, 5) is 8.75. The molecule has 0 radical (unpaired) electrons. The van der Waals surface area contributed by atoms with E-state index in [9.17, 15) is 0 Å². The summed E-state index contributed by atoms with van der Waals surface area (Å²) in [5.74, 6) is 0.516. The molecule has 0 saturated carbocycles. The van der Waals surface area contributed by atoms with E-state index in [1.54, 1.807) is 5.41 Å². The number of nitrogen functional groups attached to an aromatic ring is 1. The number of hydrogen-bond acceptors (Lipinski definition) is 4. The van der Waals surface area contributed by atoms with E-state index in [0.29, 0.717) is 5.82 Å². The van der Waals surface area contributed by atoms with Gasteiger partial charge < -0.3 is 5.73 Å². The van der Waals surface area contributed by atoms with Crippen LogP contribution in [0.5, 0.6) is 0 Å². The van der Waals surface area contributed by atoms with Crippen molar-refractivity contribution in [3.8, 4) is 0 Å². The summed E-state index contributed by atoms with van der Waals surface area (Å²) in [7, 11) is 0. The summed E-state index contributed by atoms with van der Waals surface area (Å²) in [5, 5.41) is 1.71. The number of nitrogens with two attached hydrogens (primary N) is 1. The summed E-state index contributed by atoms with van der Waals surface area (Å²) in [6.07, 6.45) is 1.46. The molecule has 3 nitrogen and oxygen atoms in total. The Bertz CT molecular complexity index is 253. The molecule has 0 aromatic carbocycles. The third kappa shape index (κ3) is 3.46. The predicted molar refractivity (Wildman–Crippen MR) is 58.6 cm³/mol. The maximum atomic E-state index is 5.59. The second kappa shape index (κ2) is 6.48. The molecule has 0 aliphatic heterocycles. The third-order valence-corrected chi connectivity index (χ3v) is 2.12. The van der Waals surface area contributed by atoms with Crippen LogP contribution in [0.1, 0.15) is 19.5 Å². The van der Waals surface area contributed by atoms with Gasteiger partial charge in [-0.3, -0.25) is 0 Å². The Kier molecular flexibility index (Phi) is 5.97. The van der Waals surface area contributed by atoms with Gasteiger partial charge in [0, 0.05) is 0 Å². The van der Waals surface area contributed by atoms with Gasteiger partial charge in [0.15, 0.2) is 0 Å². The topological polar surface area (TPSA) is 51.8 Å². The molecule has 0 amide bonds. The summed E-state index contributed by atoms with van der Waals surface area (Å²) >= 11 is 1.44. The van der Waals surface area contributed by atoms with Crippen LogP contribution in [0.15, 0.2) is 23.2 Å². The summed E-state index contributed by atoms with van der Waals surface area (Å²) in [5.41, 5.74) is 6.48. The van der Waals surface area contributed by atoms with Crippen molar-refractivity contribution in [1.29, 1.82) is 0 Å². The van der Waals surface area contributed by atoms with E-state index in [1.807, 2.05) is 20.8 Å². The van der Waals surface area contributed by atoms with Crippen molar-refractivity contribution in [2.45, 2.75) is 25.7 Å². The first kappa shape index (κ1) is 12.0. The Labute approximate surface area is 83.5 Å². The number of aromatic nitrogens is 2. The zero-order chi connectivity index (χ0) is 10.3. The molecule has 0 aliphatic rings. The van der Waals surface area contributed by atoms with Crippen molar-refractivity contribution in [3.05, 3.63) is 24.0 Å². The average Bonchev–Trinajstić information content (AvgIpc) is 2.15. The first-order chi connectivity index (χ1) is 6.25. The number of nitrogens with zero attached hydrogens (tertiary/aromatic N) is 2. The van der Waals surface area contributed by atoms with Crippen LogP contribution in [-0.2, 0) is 0 Å². The van der Waals surface area contributed by atoms with Gasteiger partial charge in [-0.2, -0.15) is 0 Å². The molecular weight excluding hydrogens is 182 g/mol. The summed E-state index contributed by atoms with van der Waals surface area (Å²) in [6.45, 7) is 9.48. The van der Waals surface area contributed by atoms with Crippen LogP contribution in [0.4, 0.5) is 5.82 Å². The van der Waals surface area contributed by atoms with Gasteiger partial charge in [0.1, 0.15) is 12.1 Å². The molecule has 72 valence electrons. The van der Waals surface area contributed by atoms with E-state index >= 15 is 0 Å². The molecule has 1 aromatic rings. The van der Waals surface area contributed by atoms with Crippen LogP contribution < -0.4 is 5.73 Å². The highest BCUT2D eigenvalue weighted by Crippen LogP contribution is 2.25. The predicted octanol–water partition coefficient (Wildman–Crippen LogP) is 2.63. The second-order valence-electron chi connectivity index (χ2n) is 1.96. The van der Waals surface area contributed by atoms with Crippen molar-refractivity contribution in [2.75, 3.05) is 5.73 Å². The fourth-order valence-electron chi connectivity index (χ4n) is 0.709. The van der Waals surface area contributed by atoms with Crippen LogP contribution in [0, 0.1) is 6.92 Å². The summed E-state index contributed by atoms with van der Waals surface area (Å²) in [6, 6.07) is 0. The zero-order valence-electron chi connectivity index (χ0n) is 8.24. The molecule has 0 unspecified atom stereocenters. The lowest BCUT2D eigenvalue weighted by atomic mass is 10.4. The van der Waals surface area contributed by atoms with Crippen LogP contribution in [0.3, 0.4) is 0 Å². The third-order valence-electron chi connectivity index (χ3n) is 1.21. The van der Waals surface area contributed by atoms with E-state index in [-0.39, 0.29) is 0 Å². The Balaban J connectivity index is 0.000000671. The lowest BCUT2D eigenvalue weighted by Gasteiger charge is -2.02. The van der Waals surface area contributed by atoms with E-state index in [4.69, 9.17) is 5.73 Å². The molecule has 0 spiro atoms. The Morgan fingerprint density at radius 1 is 1.46 bits per heavy atom. The van der Waals surface area contributed by atoms with E-state index in [0.717, 1.165) is 10.6 Å². The highest BCUT2D eigenvalue weighted by atomic mass is 32.2. The molecule has 4 heteroatoms. The van der Waals surface area contributed by atoms with E-state index < -0.39 is 0 Å². The smallest absolute Gasteiger partial charge is 0.141 e. The Morgan fingerprint density at radius 3 is 2.54 bits per heavy atom. The zero-order valence-corrected chi connectivity index (χ0v) is 9.06. The van der Waals surface area contributed by atoms with Crippen LogP contribution in [0.2, 0.25) is 0 Å². The van der Waals surface area contributed by atoms with Crippen molar-refractivity contribution in [2.24, 2.45) is 0 Å². The summed E-state index contributed by atoms with van der Waals surface area (Å²) < 4.78 is 0. The molecule has 0 saturated heterocycles. The maximum Gasteiger partial charge on any atom is 0.141 e. The first-order valence-corrected chi connectivity index (χ1v) is 4.98. The molecule has 2 N–H and O–H groups in total. The van der Waals surface area contributed by atoms with E-state index in [2.05, 4.69) is 16.5 Å². The molecule has 0 fully saturated rings.